The van der Waals surface area contributed by atoms with E-state index in [0.717, 1.165) is 0 Å². The van der Waals surface area contributed by atoms with Crippen molar-refractivity contribution >= 4 is 12.0 Å². The van der Waals surface area contributed by atoms with Crippen LogP contribution in [0.15, 0.2) is 0 Å². The molecule has 2 saturated heterocycles. The van der Waals surface area contributed by atoms with Gasteiger partial charge in [0.2, 0.25) is 0 Å². The van der Waals surface area contributed by atoms with E-state index in [1.54, 1.807) is 9.80 Å². The van der Waals surface area contributed by atoms with Crippen molar-refractivity contribution in [2.24, 2.45) is 5.41 Å². The van der Waals surface area contributed by atoms with Crippen molar-refractivity contribution in [1.29, 1.82) is 0 Å². The predicted molar refractivity (Wildman–Crippen MR) is 75.0 cm³/mol. The first-order chi connectivity index (χ1) is 10.0. The minimum atomic E-state index is -0.823. The Kier molecular flexibility index (Phi) is 5.05. The van der Waals surface area contributed by atoms with Crippen LogP contribution in [0.2, 0.25) is 0 Å². The Morgan fingerprint density at radius 3 is 2.71 bits per heavy atom. The molecule has 0 saturated carbocycles. The first-order valence-electron chi connectivity index (χ1n) is 7.52. The SMILES string of the molecule is CCC1(C(=O)O)CCCN(C(=O)N2CCOC(CO)C2)C1. The lowest BCUT2D eigenvalue weighted by Gasteiger charge is -2.42. The van der Waals surface area contributed by atoms with Crippen LogP contribution >= 0.6 is 0 Å². The van der Waals surface area contributed by atoms with Crippen molar-refractivity contribution in [2.75, 3.05) is 39.4 Å². The molecule has 7 heteroatoms. The van der Waals surface area contributed by atoms with Gasteiger partial charge in [-0.2, -0.15) is 0 Å². The molecule has 2 N–H and O–H groups in total. The Morgan fingerprint density at radius 1 is 1.33 bits per heavy atom. The van der Waals surface area contributed by atoms with Gasteiger partial charge >= 0.3 is 12.0 Å². The minimum Gasteiger partial charge on any atom is -0.481 e. The normalized spacial score (nSPS) is 30.3. The smallest absolute Gasteiger partial charge is 0.320 e. The van der Waals surface area contributed by atoms with Gasteiger partial charge in [-0.25, -0.2) is 4.79 Å². The highest BCUT2D eigenvalue weighted by molar-refractivity contribution is 5.79. The van der Waals surface area contributed by atoms with Gasteiger partial charge in [-0.3, -0.25) is 4.79 Å². The number of aliphatic carboxylic acids is 1. The zero-order valence-corrected chi connectivity index (χ0v) is 12.5. The van der Waals surface area contributed by atoms with Crippen LogP contribution in [-0.2, 0) is 9.53 Å². The number of carboxylic acid groups (broad SMARTS) is 1. The van der Waals surface area contributed by atoms with E-state index in [1.165, 1.54) is 0 Å². The topological polar surface area (TPSA) is 90.3 Å². The molecule has 0 aromatic carbocycles. The maximum absolute atomic E-state index is 12.6. The van der Waals surface area contributed by atoms with Crippen molar-refractivity contribution in [3.63, 3.8) is 0 Å². The number of carbonyl (C=O) groups excluding carboxylic acids is 1. The number of likely N-dealkylation sites (tertiary alicyclic amines) is 1. The maximum atomic E-state index is 12.6. The first-order valence-corrected chi connectivity index (χ1v) is 7.52. The number of aliphatic hydroxyl groups excluding tert-OH is 1. The summed E-state index contributed by atoms with van der Waals surface area (Å²) in [6, 6.07) is -0.143. The Hall–Kier alpha value is -1.34. The Morgan fingerprint density at radius 2 is 2.10 bits per heavy atom. The van der Waals surface area contributed by atoms with E-state index in [9.17, 15) is 14.7 Å². The highest BCUT2D eigenvalue weighted by Crippen LogP contribution is 2.34. The monoisotopic (exact) mass is 300 g/mol. The van der Waals surface area contributed by atoms with Gasteiger partial charge in [0.1, 0.15) is 0 Å². The molecule has 21 heavy (non-hydrogen) atoms. The van der Waals surface area contributed by atoms with E-state index in [-0.39, 0.29) is 25.3 Å². The molecule has 2 aliphatic heterocycles. The summed E-state index contributed by atoms with van der Waals surface area (Å²) in [6.07, 6.45) is 1.50. The van der Waals surface area contributed by atoms with Crippen LogP contribution < -0.4 is 0 Å². The molecule has 2 fully saturated rings. The van der Waals surface area contributed by atoms with E-state index in [4.69, 9.17) is 9.84 Å². The number of carboxylic acids is 1. The molecular weight excluding hydrogens is 276 g/mol. The molecule has 0 spiro atoms. The third-order valence-corrected chi connectivity index (χ3v) is 4.59. The summed E-state index contributed by atoms with van der Waals surface area (Å²) < 4.78 is 5.34. The third-order valence-electron chi connectivity index (χ3n) is 4.59. The van der Waals surface area contributed by atoms with Crippen LogP contribution in [0.4, 0.5) is 4.79 Å². The van der Waals surface area contributed by atoms with E-state index >= 15 is 0 Å². The molecule has 0 bridgehead atoms. The molecule has 0 aromatic rings. The predicted octanol–water partition coefficient (Wildman–Crippen LogP) is 0.376. The summed E-state index contributed by atoms with van der Waals surface area (Å²) in [5.41, 5.74) is -0.823. The fourth-order valence-electron chi connectivity index (χ4n) is 3.11. The lowest BCUT2D eigenvalue weighted by atomic mass is 9.78. The molecule has 7 nitrogen and oxygen atoms in total. The lowest BCUT2D eigenvalue weighted by molar-refractivity contribution is -0.152. The number of hydrogen-bond donors (Lipinski definition) is 2. The van der Waals surface area contributed by atoms with Gasteiger partial charge in [-0.05, 0) is 19.3 Å². The van der Waals surface area contributed by atoms with E-state index in [1.807, 2.05) is 6.92 Å². The first kappa shape index (κ1) is 16.0. The summed E-state index contributed by atoms with van der Waals surface area (Å²) in [7, 11) is 0. The Balaban J connectivity index is 2.03. The van der Waals surface area contributed by atoms with E-state index in [2.05, 4.69) is 0 Å². The van der Waals surface area contributed by atoms with Gasteiger partial charge < -0.3 is 24.7 Å². The number of aliphatic hydroxyl groups is 1. The molecular formula is C14H24N2O5. The van der Waals surface area contributed by atoms with Crippen LogP contribution in [0.3, 0.4) is 0 Å². The van der Waals surface area contributed by atoms with Gasteiger partial charge in [0, 0.05) is 19.6 Å². The van der Waals surface area contributed by atoms with Crippen molar-refractivity contribution in [3.8, 4) is 0 Å². The number of ether oxygens (including phenoxy) is 1. The molecule has 120 valence electrons. The largest absolute Gasteiger partial charge is 0.481 e. The number of rotatable bonds is 3. The zero-order chi connectivity index (χ0) is 15.5. The molecule has 2 aliphatic rings. The van der Waals surface area contributed by atoms with Crippen LogP contribution in [0.5, 0.6) is 0 Å². The lowest BCUT2D eigenvalue weighted by Crippen LogP contribution is -2.56. The second kappa shape index (κ2) is 6.62. The summed E-state index contributed by atoms with van der Waals surface area (Å²) in [5.74, 6) is -0.822. The second-order valence-electron chi connectivity index (χ2n) is 5.87. The number of nitrogens with zero attached hydrogens (tertiary/aromatic N) is 2. The fourth-order valence-corrected chi connectivity index (χ4v) is 3.11. The molecule has 2 heterocycles. The average Bonchev–Trinajstić information content (AvgIpc) is 2.54. The quantitative estimate of drug-likeness (QED) is 0.786. The molecule has 0 radical (unpaired) electrons. The summed E-state index contributed by atoms with van der Waals surface area (Å²) in [5, 5.41) is 18.6. The van der Waals surface area contributed by atoms with Gasteiger partial charge in [0.25, 0.3) is 0 Å². The molecule has 0 aliphatic carbocycles. The van der Waals surface area contributed by atoms with Gasteiger partial charge in [-0.15, -0.1) is 0 Å². The van der Waals surface area contributed by atoms with E-state index < -0.39 is 11.4 Å². The Labute approximate surface area is 124 Å². The highest BCUT2D eigenvalue weighted by atomic mass is 16.5. The average molecular weight is 300 g/mol. The molecule has 2 atom stereocenters. The number of urea groups is 1. The van der Waals surface area contributed by atoms with Crippen molar-refractivity contribution < 1.29 is 24.5 Å². The molecule has 2 unspecified atom stereocenters. The third kappa shape index (κ3) is 3.29. The van der Waals surface area contributed by atoms with Crippen molar-refractivity contribution in [1.82, 2.24) is 9.80 Å². The molecule has 2 amide bonds. The molecule has 0 aromatic heterocycles. The molecule has 2 rings (SSSR count). The van der Waals surface area contributed by atoms with Crippen LogP contribution in [0.25, 0.3) is 0 Å². The van der Waals surface area contributed by atoms with Crippen molar-refractivity contribution in [2.45, 2.75) is 32.3 Å². The minimum absolute atomic E-state index is 0.113. The number of morpholine rings is 1. The van der Waals surface area contributed by atoms with Crippen LogP contribution in [0.1, 0.15) is 26.2 Å². The van der Waals surface area contributed by atoms with Crippen molar-refractivity contribution in [3.05, 3.63) is 0 Å². The summed E-state index contributed by atoms with van der Waals surface area (Å²) in [4.78, 5) is 27.4. The highest BCUT2D eigenvalue weighted by Gasteiger charge is 2.43. The standard InChI is InChI=1S/C14H24N2O5/c1-2-14(12(18)19)4-3-5-16(10-14)13(20)15-6-7-21-11(8-15)9-17/h11,17H,2-10H2,1H3,(H,18,19). The fraction of sp³-hybridized carbons (Fsp3) is 0.857. The summed E-state index contributed by atoms with van der Waals surface area (Å²) >= 11 is 0. The second-order valence-corrected chi connectivity index (χ2v) is 5.87. The number of hydrogen-bond acceptors (Lipinski definition) is 4. The summed E-state index contributed by atoms with van der Waals surface area (Å²) in [6.45, 7) is 3.85. The maximum Gasteiger partial charge on any atom is 0.320 e. The van der Waals surface area contributed by atoms with Crippen LogP contribution in [-0.4, -0.2) is 77.5 Å². The van der Waals surface area contributed by atoms with Crippen LogP contribution in [0, 0.1) is 5.41 Å². The Bertz CT molecular complexity index is 403. The van der Waals surface area contributed by atoms with Gasteiger partial charge in [-0.1, -0.05) is 6.92 Å². The zero-order valence-electron chi connectivity index (χ0n) is 12.5. The van der Waals surface area contributed by atoms with E-state index in [0.29, 0.717) is 45.5 Å². The number of piperidine rings is 1. The number of amides is 2. The number of carbonyl (C=O) groups is 2. The van der Waals surface area contributed by atoms with Gasteiger partial charge in [0.05, 0.1) is 31.3 Å². The van der Waals surface area contributed by atoms with Gasteiger partial charge in [0.15, 0.2) is 0 Å².